The molecule has 1 amide bonds. The molecular weight excluding hydrogens is 352 g/mol. The molecule has 2 rings (SSSR count). The van der Waals surface area contributed by atoms with Crippen LogP contribution in [0, 0.1) is 0 Å². The standard InChI is InChI=1S/C19H24N2O6/c1-12(10-26-16-6-7-18(24)17(8-16)19(20)25)21-9-14(23)11-27-15-4-2-13(22)3-5-15/h2-8,12,14,21-24H,9-11H2,1H3,(H2,20,25). The van der Waals surface area contributed by atoms with Gasteiger partial charge in [0.25, 0.3) is 5.91 Å². The van der Waals surface area contributed by atoms with Crippen molar-refractivity contribution in [3.8, 4) is 23.0 Å². The Hall–Kier alpha value is -2.97. The Morgan fingerprint density at radius 3 is 2.37 bits per heavy atom. The third-order valence-electron chi connectivity index (χ3n) is 3.71. The van der Waals surface area contributed by atoms with Crippen LogP contribution in [0.3, 0.4) is 0 Å². The van der Waals surface area contributed by atoms with Gasteiger partial charge in [0, 0.05) is 12.6 Å². The first-order valence-electron chi connectivity index (χ1n) is 8.44. The summed E-state index contributed by atoms with van der Waals surface area (Å²) in [4.78, 5) is 11.2. The van der Waals surface area contributed by atoms with Crippen LogP contribution < -0.4 is 20.5 Å². The number of rotatable bonds is 10. The fourth-order valence-electron chi connectivity index (χ4n) is 2.21. The summed E-state index contributed by atoms with van der Waals surface area (Å²) >= 11 is 0. The summed E-state index contributed by atoms with van der Waals surface area (Å²) in [6, 6.07) is 10.4. The summed E-state index contributed by atoms with van der Waals surface area (Å²) in [7, 11) is 0. The van der Waals surface area contributed by atoms with E-state index in [0.29, 0.717) is 18.0 Å². The summed E-state index contributed by atoms with van der Waals surface area (Å²) in [5.41, 5.74) is 5.17. The highest BCUT2D eigenvalue weighted by Gasteiger charge is 2.11. The summed E-state index contributed by atoms with van der Waals surface area (Å²) < 4.78 is 11.0. The Kier molecular flexibility index (Phi) is 7.27. The fraction of sp³-hybridized carbons (Fsp3) is 0.316. The van der Waals surface area contributed by atoms with Crippen LogP contribution >= 0.6 is 0 Å². The van der Waals surface area contributed by atoms with E-state index in [9.17, 15) is 20.1 Å². The monoisotopic (exact) mass is 376 g/mol. The van der Waals surface area contributed by atoms with Gasteiger partial charge in [0.15, 0.2) is 0 Å². The topological polar surface area (TPSA) is 134 Å². The van der Waals surface area contributed by atoms with E-state index in [0.717, 1.165) is 0 Å². The second kappa shape index (κ2) is 9.65. The molecule has 0 spiro atoms. The number of ether oxygens (including phenoxy) is 2. The van der Waals surface area contributed by atoms with Crippen LogP contribution in [-0.4, -0.2) is 53.1 Å². The van der Waals surface area contributed by atoms with Gasteiger partial charge in [-0.25, -0.2) is 0 Å². The van der Waals surface area contributed by atoms with Crippen LogP contribution in [0.5, 0.6) is 23.0 Å². The maximum Gasteiger partial charge on any atom is 0.252 e. The number of hydrogen-bond donors (Lipinski definition) is 5. The van der Waals surface area contributed by atoms with E-state index < -0.39 is 12.0 Å². The van der Waals surface area contributed by atoms with Crippen LogP contribution in [0.4, 0.5) is 0 Å². The van der Waals surface area contributed by atoms with Gasteiger partial charge in [0.2, 0.25) is 0 Å². The highest BCUT2D eigenvalue weighted by molar-refractivity contribution is 5.95. The molecule has 0 bridgehead atoms. The predicted molar refractivity (Wildman–Crippen MR) is 99.2 cm³/mol. The largest absolute Gasteiger partial charge is 0.508 e. The van der Waals surface area contributed by atoms with Crippen LogP contribution in [0.15, 0.2) is 42.5 Å². The molecule has 0 saturated heterocycles. The molecule has 2 unspecified atom stereocenters. The molecule has 0 aliphatic heterocycles. The fourth-order valence-corrected chi connectivity index (χ4v) is 2.21. The number of carbonyl (C=O) groups is 1. The molecule has 0 aliphatic rings. The molecule has 6 N–H and O–H groups in total. The second-order valence-corrected chi connectivity index (χ2v) is 6.12. The molecule has 0 radical (unpaired) electrons. The average molecular weight is 376 g/mol. The van der Waals surface area contributed by atoms with Gasteiger partial charge in [-0.3, -0.25) is 4.79 Å². The van der Waals surface area contributed by atoms with Gasteiger partial charge in [0.05, 0.1) is 5.56 Å². The van der Waals surface area contributed by atoms with Crippen molar-refractivity contribution in [2.24, 2.45) is 5.73 Å². The first-order valence-corrected chi connectivity index (χ1v) is 8.44. The molecule has 2 aromatic carbocycles. The molecule has 2 atom stereocenters. The quantitative estimate of drug-likeness (QED) is 0.417. The van der Waals surface area contributed by atoms with Crippen molar-refractivity contribution >= 4 is 5.91 Å². The molecule has 146 valence electrons. The Morgan fingerprint density at radius 1 is 1.07 bits per heavy atom. The molecule has 0 fully saturated rings. The minimum absolute atomic E-state index is 0.00471. The lowest BCUT2D eigenvalue weighted by Gasteiger charge is -2.18. The predicted octanol–water partition coefficient (Wildman–Crippen LogP) is 0.993. The van der Waals surface area contributed by atoms with Crippen LogP contribution in [0.25, 0.3) is 0 Å². The molecular formula is C19H24N2O6. The van der Waals surface area contributed by atoms with E-state index in [1.165, 1.54) is 30.3 Å². The Morgan fingerprint density at radius 2 is 1.70 bits per heavy atom. The van der Waals surface area contributed by atoms with Crippen molar-refractivity contribution < 1.29 is 29.6 Å². The Labute approximate surface area is 157 Å². The highest BCUT2D eigenvalue weighted by atomic mass is 16.5. The number of carbonyl (C=O) groups excluding carboxylic acids is 1. The number of primary amides is 1. The number of benzene rings is 2. The molecule has 0 saturated carbocycles. The van der Waals surface area contributed by atoms with E-state index in [-0.39, 0.29) is 36.3 Å². The van der Waals surface area contributed by atoms with Crippen LogP contribution in [0.1, 0.15) is 17.3 Å². The zero-order valence-corrected chi connectivity index (χ0v) is 15.0. The SMILES string of the molecule is CC(COc1ccc(O)c(C(N)=O)c1)NCC(O)COc1ccc(O)cc1. The number of phenolic OH excluding ortho intramolecular Hbond substituents is 1. The number of amides is 1. The lowest BCUT2D eigenvalue weighted by atomic mass is 10.2. The summed E-state index contributed by atoms with van der Waals surface area (Å²) in [6.07, 6.45) is -0.726. The van der Waals surface area contributed by atoms with Gasteiger partial charge in [-0.15, -0.1) is 0 Å². The first-order chi connectivity index (χ1) is 12.8. The maximum atomic E-state index is 11.2. The van der Waals surface area contributed by atoms with Gasteiger partial charge in [-0.05, 0) is 49.4 Å². The molecule has 8 heteroatoms. The smallest absolute Gasteiger partial charge is 0.252 e. The lowest BCUT2D eigenvalue weighted by Crippen LogP contribution is -2.39. The molecule has 0 aromatic heterocycles. The van der Waals surface area contributed by atoms with Crippen molar-refractivity contribution in [2.75, 3.05) is 19.8 Å². The van der Waals surface area contributed by atoms with Crippen molar-refractivity contribution in [3.63, 3.8) is 0 Å². The van der Waals surface area contributed by atoms with Gasteiger partial charge in [-0.1, -0.05) is 0 Å². The number of nitrogens with two attached hydrogens (primary N) is 1. The van der Waals surface area contributed by atoms with E-state index in [1.807, 2.05) is 6.92 Å². The number of phenols is 2. The van der Waals surface area contributed by atoms with Gasteiger partial charge >= 0.3 is 0 Å². The summed E-state index contributed by atoms with van der Waals surface area (Å²) in [5.74, 6) is 0.181. The van der Waals surface area contributed by atoms with Crippen LogP contribution in [0.2, 0.25) is 0 Å². The number of aliphatic hydroxyl groups excluding tert-OH is 1. The average Bonchev–Trinajstić information content (AvgIpc) is 2.65. The summed E-state index contributed by atoms with van der Waals surface area (Å²) in [5, 5.41) is 31.8. The molecule has 27 heavy (non-hydrogen) atoms. The molecule has 0 aliphatic carbocycles. The number of aliphatic hydroxyl groups is 1. The minimum Gasteiger partial charge on any atom is -0.508 e. The zero-order chi connectivity index (χ0) is 19.8. The first kappa shape index (κ1) is 20.3. The van der Waals surface area contributed by atoms with Gasteiger partial charge in [0.1, 0.15) is 42.3 Å². The second-order valence-electron chi connectivity index (χ2n) is 6.12. The number of aromatic hydroxyl groups is 2. The maximum absolute atomic E-state index is 11.2. The van der Waals surface area contributed by atoms with E-state index >= 15 is 0 Å². The van der Waals surface area contributed by atoms with E-state index in [1.54, 1.807) is 12.1 Å². The third kappa shape index (κ3) is 6.69. The summed E-state index contributed by atoms with van der Waals surface area (Å²) in [6.45, 7) is 2.56. The van der Waals surface area contributed by atoms with E-state index in [2.05, 4.69) is 5.32 Å². The van der Waals surface area contributed by atoms with E-state index in [4.69, 9.17) is 15.2 Å². The normalized spacial score (nSPS) is 13.0. The number of hydrogen-bond acceptors (Lipinski definition) is 7. The van der Waals surface area contributed by atoms with Crippen molar-refractivity contribution in [2.45, 2.75) is 19.1 Å². The van der Waals surface area contributed by atoms with Crippen LogP contribution in [-0.2, 0) is 0 Å². The number of nitrogens with one attached hydrogen (secondary N) is 1. The zero-order valence-electron chi connectivity index (χ0n) is 15.0. The molecule has 2 aromatic rings. The van der Waals surface area contributed by atoms with Crippen molar-refractivity contribution in [1.82, 2.24) is 5.32 Å². The van der Waals surface area contributed by atoms with Gasteiger partial charge in [-0.2, -0.15) is 0 Å². The Bertz CT molecular complexity index is 750. The van der Waals surface area contributed by atoms with Crippen molar-refractivity contribution in [3.05, 3.63) is 48.0 Å². The lowest BCUT2D eigenvalue weighted by molar-refractivity contribution is 0.0995. The third-order valence-corrected chi connectivity index (χ3v) is 3.71. The molecule has 8 nitrogen and oxygen atoms in total. The molecule has 0 heterocycles. The van der Waals surface area contributed by atoms with Crippen molar-refractivity contribution in [1.29, 1.82) is 0 Å². The highest BCUT2D eigenvalue weighted by Crippen LogP contribution is 2.22. The minimum atomic E-state index is -0.735. The Balaban J connectivity index is 1.71. The van der Waals surface area contributed by atoms with Gasteiger partial charge < -0.3 is 35.8 Å².